The van der Waals surface area contributed by atoms with Gasteiger partial charge in [-0.05, 0) is 26.2 Å². The number of ether oxygens (including phenoxy) is 1. The summed E-state index contributed by atoms with van der Waals surface area (Å²) in [7, 11) is 1.38. The highest BCUT2D eigenvalue weighted by Crippen LogP contribution is 2.28. The zero-order valence-electron chi connectivity index (χ0n) is 12.4. The van der Waals surface area contributed by atoms with Crippen LogP contribution in [0.3, 0.4) is 0 Å². The van der Waals surface area contributed by atoms with Gasteiger partial charge in [-0.2, -0.15) is 0 Å². The number of hydrogen-bond donors (Lipinski definition) is 2. The van der Waals surface area contributed by atoms with Gasteiger partial charge >= 0.3 is 5.97 Å². The van der Waals surface area contributed by atoms with E-state index >= 15 is 0 Å². The molecule has 5 nitrogen and oxygen atoms in total. The number of nitrogens with one attached hydrogen (secondary N) is 1. The van der Waals surface area contributed by atoms with Crippen molar-refractivity contribution in [3.8, 4) is 0 Å². The number of amides is 1. The number of rotatable bonds is 5. The predicted octanol–water partition coefficient (Wildman–Crippen LogP) is 1.92. The zero-order chi connectivity index (χ0) is 14.3. The average molecular weight is 307 g/mol. The van der Waals surface area contributed by atoms with Gasteiger partial charge in [0.1, 0.15) is 5.54 Å². The smallest absolute Gasteiger partial charge is 0.331 e. The molecule has 0 bridgehead atoms. The van der Waals surface area contributed by atoms with Crippen molar-refractivity contribution in [1.82, 2.24) is 5.32 Å². The Kier molecular flexibility index (Phi) is 8.81. The van der Waals surface area contributed by atoms with Gasteiger partial charge in [0, 0.05) is 12.5 Å². The van der Waals surface area contributed by atoms with Crippen LogP contribution in [0.25, 0.3) is 0 Å². The normalized spacial score (nSPS) is 19.1. The largest absolute Gasteiger partial charge is 0.467 e. The van der Waals surface area contributed by atoms with E-state index in [4.69, 9.17) is 10.5 Å². The first-order chi connectivity index (χ1) is 9.00. The molecule has 1 atom stereocenters. The highest BCUT2D eigenvalue weighted by molar-refractivity contribution is 5.88. The number of nitrogens with two attached hydrogens (primary N) is 1. The maximum absolute atomic E-state index is 12.1. The summed E-state index contributed by atoms with van der Waals surface area (Å²) < 4.78 is 4.90. The van der Waals surface area contributed by atoms with Gasteiger partial charge in [-0.1, -0.05) is 25.7 Å². The fourth-order valence-corrected chi connectivity index (χ4v) is 2.60. The van der Waals surface area contributed by atoms with Crippen LogP contribution >= 0.6 is 12.4 Å². The summed E-state index contributed by atoms with van der Waals surface area (Å²) in [5, 5.41) is 2.91. The zero-order valence-corrected chi connectivity index (χ0v) is 13.3. The third kappa shape index (κ3) is 5.67. The summed E-state index contributed by atoms with van der Waals surface area (Å²) in [4.78, 5) is 24.0. The van der Waals surface area contributed by atoms with Gasteiger partial charge in [-0.3, -0.25) is 4.79 Å². The molecule has 0 spiro atoms. The first kappa shape index (κ1) is 19.2. The number of carbonyl (C=O) groups is 2. The van der Waals surface area contributed by atoms with E-state index < -0.39 is 5.54 Å². The fourth-order valence-electron chi connectivity index (χ4n) is 2.60. The summed E-state index contributed by atoms with van der Waals surface area (Å²) in [5.74, 6) is -0.423. The Morgan fingerprint density at radius 1 is 1.25 bits per heavy atom. The van der Waals surface area contributed by atoms with Crippen molar-refractivity contribution in [2.75, 3.05) is 7.11 Å². The third-order valence-corrected chi connectivity index (χ3v) is 3.74. The first-order valence-corrected chi connectivity index (χ1v) is 7.15. The van der Waals surface area contributed by atoms with Crippen LogP contribution in [-0.2, 0) is 14.3 Å². The lowest BCUT2D eigenvalue weighted by Crippen LogP contribution is -2.54. The maximum Gasteiger partial charge on any atom is 0.331 e. The van der Waals surface area contributed by atoms with E-state index in [9.17, 15) is 9.59 Å². The topological polar surface area (TPSA) is 81.4 Å². The highest BCUT2D eigenvalue weighted by Gasteiger charge is 2.40. The lowest BCUT2D eigenvalue weighted by atomic mass is 9.89. The van der Waals surface area contributed by atoms with Crippen molar-refractivity contribution in [2.45, 2.75) is 69.9 Å². The standard InChI is InChI=1S/C14H26N2O3.ClH/c1-11(15)7-8-12(17)16-14(13(18)19-2)9-5-3-4-6-10-14;/h11H,3-10,15H2,1-2H3,(H,16,17);1H. The summed E-state index contributed by atoms with van der Waals surface area (Å²) in [6, 6.07) is -0.00559. The monoisotopic (exact) mass is 306 g/mol. The van der Waals surface area contributed by atoms with Crippen molar-refractivity contribution in [3.63, 3.8) is 0 Å². The third-order valence-electron chi connectivity index (χ3n) is 3.74. The summed E-state index contributed by atoms with van der Waals surface area (Å²) in [6.45, 7) is 1.87. The van der Waals surface area contributed by atoms with Gasteiger partial charge < -0.3 is 15.8 Å². The van der Waals surface area contributed by atoms with E-state index in [0.717, 1.165) is 25.7 Å². The number of carbonyl (C=O) groups excluding carboxylic acids is 2. The molecule has 0 radical (unpaired) electrons. The second-order valence-electron chi connectivity index (χ2n) is 5.55. The van der Waals surface area contributed by atoms with Crippen molar-refractivity contribution in [2.24, 2.45) is 5.73 Å². The van der Waals surface area contributed by atoms with Crippen LogP contribution in [0.1, 0.15) is 58.3 Å². The van der Waals surface area contributed by atoms with Gasteiger partial charge in [0.25, 0.3) is 0 Å². The van der Waals surface area contributed by atoms with Crippen LogP contribution < -0.4 is 11.1 Å². The van der Waals surface area contributed by atoms with Crippen LogP contribution in [0.4, 0.5) is 0 Å². The molecule has 1 saturated carbocycles. The predicted molar refractivity (Wildman–Crippen MR) is 80.7 cm³/mol. The Hall–Kier alpha value is -0.810. The molecule has 1 amide bonds. The summed E-state index contributed by atoms with van der Waals surface area (Å²) >= 11 is 0. The van der Waals surface area contributed by atoms with Crippen LogP contribution in [0, 0.1) is 0 Å². The van der Waals surface area contributed by atoms with E-state index in [-0.39, 0.29) is 30.3 Å². The minimum atomic E-state index is -0.819. The number of methoxy groups -OCH3 is 1. The number of hydrogen-bond acceptors (Lipinski definition) is 4. The van der Waals surface area contributed by atoms with E-state index in [1.54, 1.807) is 0 Å². The van der Waals surface area contributed by atoms with Crippen LogP contribution in [0.15, 0.2) is 0 Å². The SMILES string of the molecule is COC(=O)C1(NC(=O)CCC(C)N)CCCCCC1.Cl. The Bertz CT molecular complexity index is 314. The molecule has 6 heteroatoms. The minimum Gasteiger partial charge on any atom is -0.467 e. The molecule has 0 saturated heterocycles. The molecule has 1 unspecified atom stereocenters. The molecule has 1 fully saturated rings. The molecular weight excluding hydrogens is 280 g/mol. The fraction of sp³-hybridized carbons (Fsp3) is 0.857. The second kappa shape index (κ2) is 9.19. The van der Waals surface area contributed by atoms with Crippen LogP contribution in [0.2, 0.25) is 0 Å². The molecule has 3 N–H and O–H groups in total. The highest BCUT2D eigenvalue weighted by atomic mass is 35.5. The van der Waals surface area contributed by atoms with Crippen molar-refractivity contribution >= 4 is 24.3 Å². The molecular formula is C14H27ClN2O3. The second-order valence-corrected chi connectivity index (χ2v) is 5.55. The quantitative estimate of drug-likeness (QED) is 0.600. The Labute approximate surface area is 127 Å². The molecule has 118 valence electrons. The van der Waals surface area contributed by atoms with Crippen molar-refractivity contribution in [1.29, 1.82) is 0 Å². The van der Waals surface area contributed by atoms with E-state index in [2.05, 4.69) is 5.32 Å². The molecule has 0 aromatic carbocycles. The molecule has 0 aromatic rings. The lowest BCUT2D eigenvalue weighted by Gasteiger charge is -2.31. The van der Waals surface area contributed by atoms with E-state index in [0.29, 0.717) is 25.7 Å². The summed E-state index contributed by atoms with van der Waals surface area (Å²) in [6.07, 6.45) is 6.43. The average Bonchev–Trinajstić information content (AvgIpc) is 2.62. The molecule has 0 aromatic heterocycles. The lowest BCUT2D eigenvalue weighted by molar-refractivity contribution is -0.151. The van der Waals surface area contributed by atoms with Gasteiger partial charge in [0.05, 0.1) is 7.11 Å². The van der Waals surface area contributed by atoms with Crippen LogP contribution in [0.5, 0.6) is 0 Å². The Morgan fingerprint density at radius 3 is 2.25 bits per heavy atom. The summed E-state index contributed by atoms with van der Waals surface area (Å²) in [5.41, 5.74) is 4.83. The molecule has 0 heterocycles. The van der Waals surface area contributed by atoms with Crippen molar-refractivity contribution < 1.29 is 14.3 Å². The maximum atomic E-state index is 12.1. The Balaban J connectivity index is 0.00000361. The Morgan fingerprint density at radius 2 is 1.80 bits per heavy atom. The molecule has 20 heavy (non-hydrogen) atoms. The van der Waals surface area contributed by atoms with E-state index in [1.165, 1.54) is 7.11 Å². The van der Waals surface area contributed by atoms with Crippen molar-refractivity contribution in [3.05, 3.63) is 0 Å². The molecule has 1 rings (SSSR count). The molecule has 1 aliphatic carbocycles. The van der Waals surface area contributed by atoms with Gasteiger partial charge in [0.2, 0.25) is 5.91 Å². The van der Waals surface area contributed by atoms with Gasteiger partial charge in [0.15, 0.2) is 0 Å². The number of esters is 1. The minimum absolute atomic E-state index is 0. The number of halogens is 1. The van der Waals surface area contributed by atoms with Gasteiger partial charge in [-0.25, -0.2) is 4.79 Å². The van der Waals surface area contributed by atoms with Crippen LogP contribution in [-0.4, -0.2) is 30.6 Å². The molecule has 1 aliphatic rings. The first-order valence-electron chi connectivity index (χ1n) is 7.15. The van der Waals surface area contributed by atoms with Gasteiger partial charge in [-0.15, -0.1) is 12.4 Å². The van der Waals surface area contributed by atoms with E-state index in [1.807, 2.05) is 6.92 Å². The molecule has 0 aliphatic heterocycles.